The van der Waals surface area contributed by atoms with Crippen molar-refractivity contribution in [2.24, 2.45) is 0 Å². The van der Waals surface area contributed by atoms with Gasteiger partial charge in [0.2, 0.25) is 0 Å². The van der Waals surface area contributed by atoms with Crippen molar-refractivity contribution in [3.8, 4) is 0 Å². The van der Waals surface area contributed by atoms with Gasteiger partial charge in [0, 0.05) is 0 Å². The highest BCUT2D eigenvalue weighted by Gasteiger charge is 2.35. The zero-order valence-electron chi connectivity index (χ0n) is 14.8. The second kappa shape index (κ2) is 5.78. The van der Waals surface area contributed by atoms with Crippen molar-refractivity contribution in [2.75, 3.05) is 0 Å². The Morgan fingerprint density at radius 3 is 1.70 bits per heavy atom. The van der Waals surface area contributed by atoms with E-state index >= 15 is 0 Å². The van der Waals surface area contributed by atoms with Crippen molar-refractivity contribution in [3.05, 3.63) is 35.4 Å². The quantitative estimate of drug-likeness (QED) is 0.650. The van der Waals surface area contributed by atoms with Crippen LogP contribution in [0.3, 0.4) is 0 Å². The summed E-state index contributed by atoms with van der Waals surface area (Å²) in [7, 11) is -3.15. The molecule has 0 spiro atoms. The third kappa shape index (κ3) is 4.86. The Kier molecular flexibility index (Phi) is 5.10. The van der Waals surface area contributed by atoms with Crippen LogP contribution in [0.25, 0.3) is 0 Å². The molecule has 0 amide bonds. The van der Waals surface area contributed by atoms with Crippen molar-refractivity contribution in [2.45, 2.75) is 71.4 Å². The summed E-state index contributed by atoms with van der Waals surface area (Å²) in [6.07, 6.45) is 0. The molecule has 1 aromatic rings. The highest BCUT2D eigenvalue weighted by molar-refractivity contribution is 6.84. The summed E-state index contributed by atoms with van der Waals surface area (Å²) in [5, 5.41) is 0. The van der Waals surface area contributed by atoms with Crippen LogP contribution in [0.4, 0.5) is 0 Å². The van der Waals surface area contributed by atoms with Gasteiger partial charge in [0.15, 0.2) is 16.6 Å². The lowest BCUT2D eigenvalue weighted by Gasteiger charge is -2.36. The fourth-order valence-corrected chi connectivity index (χ4v) is 10.6. The molecule has 1 nitrogen and oxygen atoms in total. The molecule has 0 aromatic heterocycles. The maximum absolute atomic E-state index is 6.52. The first-order valence-electron chi connectivity index (χ1n) is 7.63. The van der Waals surface area contributed by atoms with Crippen LogP contribution in [-0.2, 0) is 9.53 Å². The van der Waals surface area contributed by atoms with E-state index in [1.807, 2.05) is 0 Å². The number of rotatable bonds is 4. The third-order valence-electron chi connectivity index (χ3n) is 3.89. The zero-order chi connectivity index (χ0) is 15.8. The molecule has 0 aliphatic heterocycles. The van der Waals surface area contributed by atoms with Gasteiger partial charge in [-0.25, -0.2) is 0 Å². The van der Waals surface area contributed by atoms with Gasteiger partial charge in [0.05, 0.1) is 0 Å². The first-order valence-corrected chi connectivity index (χ1v) is 14.0. The van der Waals surface area contributed by atoms with Crippen LogP contribution in [-0.4, -0.2) is 16.6 Å². The standard InChI is InChI=1S/C17H32OSi2/c1-14(20(8,9)18-19(5,6)7)15-10-12-16(13-11-15)17(2,3)4/h10-14H,1-9H3. The van der Waals surface area contributed by atoms with E-state index in [-0.39, 0.29) is 5.41 Å². The topological polar surface area (TPSA) is 9.23 Å². The van der Waals surface area contributed by atoms with E-state index in [1.165, 1.54) is 11.1 Å². The number of hydrogen-bond acceptors (Lipinski definition) is 1. The molecule has 0 aliphatic carbocycles. The maximum Gasteiger partial charge on any atom is 0.180 e. The van der Waals surface area contributed by atoms with Crippen molar-refractivity contribution < 1.29 is 4.12 Å². The first-order chi connectivity index (χ1) is 8.83. The molecular formula is C17H32OSi2. The van der Waals surface area contributed by atoms with Gasteiger partial charge in [-0.05, 0) is 54.8 Å². The normalized spacial score (nSPS) is 15.2. The van der Waals surface area contributed by atoms with Crippen molar-refractivity contribution in [3.63, 3.8) is 0 Å². The summed E-state index contributed by atoms with van der Waals surface area (Å²) in [6, 6.07) is 9.16. The summed E-state index contributed by atoms with van der Waals surface area (Å²) in [4.78, 5) is 0. The highest BCUT2D eigenvalue weighted by atomic mass is 28.4. The van der Waals surface area contributed by atoms with Crippen LogP contribution < -0.4 is 0 Å². The van der Waals surface area contributed by atoms with Gasteiger partial charge in [0.1, 0.15) is 0 Å². The third-order valence-corrected chi connectivity index (χ3v) is 10.9. The molecule has 0 heterocycles. The molecule has 0 saturated heterocycles. The Morgan fingerprint density at radius 2 is 1.35 bits per heavy atom. The van der Waals surface area contributed by atoms with E-state index in [9.17, 15) is 0 Å². The minimum atomic E-state index is -1.68. The van der Waals surface area contributed by atoms with Crippen molar-refractivity contribution in [1.29, 1.82) is 0 Å². The van der Waals surface area contributed by atoms with E-state index in [1.54, 1.807) is 0 Å². The van der Waals surface area contributed by atoms with Gasteiger partial charge in [-0.15, -0.1) is 0 Å². The van der Waals surface area contributed by atoms with Crippen LogP contribution in [0.2, 0.25) is 32.7 Å². The fraction of sp³-hybridized carbons (Fsp3) is 0.647. The zero-order valence-corrected chi connectivity index (χ0v) is 16.8. The Hall–Kier alpha value is -0.386. The molecule has 1 rings (SSSR count). The monoisotopic (exact) mass is 308 g/mol. The molecular weight excluding hydrogens is 276 g/mol. The smallest absolute Gasteiger partial charge is 0.180 e. The van der Waals surface area contributed by atoms with Crippen LogP contribution in [0, 0.1) is 0 Å². The van der Waals surface area contributed by atoms with Crippen LogP contribution in [0.5, 0.6) is 0 Å². The van der Waals surface area contributed by atoms with E-state index in [2.05, 4.69) is 84.7 Å². The lowest BCUT2D eigenvalue weighted by atomic mass is 9.86. The highest BCUT2D eigenvalue weighted by Crippen LogP contribution is 2.31. The Morgan fingerprint density at radius 1 is 0.900 bits per heavy atom. The average molecular weight is 309 g/mol. The van der Waals surface area contributed by atoms with Crippen molar-refractivity contribution >= 4 is 16.6 Å². The van der Waals surface area contributed by atoms with Gasteiger partial charge in [0.25, 0.3) is 0 Å². The van der Waals surface area contributed by atoms with Gasteiger partial charge in [-0.3, -0.25) is 0 Å². The summed E-state index contributed by atoms with van der Waals surface area (Å²) in [6.45, 7) is 20.7. The summed E-state index contributed by atoms with van der Waals surface area (Å²) in [5.41, 5.74) is 3.58. The molecule has 1 aromatic carbocycles. The summed E-state index contributed by atoms with van der Waals surface area (Å²) >= 11 is 0. The molecule has 20 heavy (non-hydrogen) atoms. The molecule has 0 radical (unpaired) electrons. The SMILES string of the molecule is CC(c1ccc(C(C)(C)C)cc1)[Si](C)(C)O[Si](C)(C)C. The van der Waals surface area contributed by atoms with Crippen molar-refractivity contribution in [1.82, 2.24) is 0 Å². The van der Waals surface area contributed by atoms with E-state index in [4.69, 9.17) is 4.12 Å². The second-order valence-corrected chi connectivity index (χ2v) is 17.5. The van der Waals surface area contributed by atoms with E-state index < -0.39 is 16.6 Å². The molecule has 0 bridgehead atoms. The molecule has 0 saturated carbocycles. The molecule has 0 N–H and O–H groups in total. The molecule has 0 fully saturated rings. The molecule has 114 valence electrons. The minimum Gasteiger partial charge on any atom is -0.455 e. The van der Waals surface area contributed by atoms with Gasteiger partial charge in [-0.2, -0.15) is 0 Å². The molecule has 0 aliphatic rings. The summed E-state index contributed by atoms with van der Waals surface area (Å²) in [5.74, 6) is 0. The van der Waals surface area contributed by atoms with Crippen LogP contribution in [0.15, 0.2) is 24.3 Å². The van der Waals surface area contributed by atoms with E-state index in [0.717, 1.165) is 0 Å². The maximum atomic E-state index is 6.52. The lowest BCUT2D eigenvalue weighted by molar-refractivity contribution is 0.533. The number of benzene rings is 1. The van der Waals surface area contributed by atoms with Crippen LogP contribution >= 0.6 is 0 Å². The fourth-order valence-electron chi connectivity index (χ4n) is 2.55. The lowest BCUT2D eigenvalue weighted by Crippen LogP contribution is -2.46. The molecule has 1 unspecified atom stereocenters. The number of hydrogen-bond donors (Lipinski definition) is 0. The van der Waals surface area contributed by atoms with Gasteiger partial charge < -0.3 is 4.12 Å². The largest absolute Gasteiger partial charge is 0.455 e. The second-order valence-electron chi connectivity index (χ2n) is 8.41. The Labute approximate surface area is 128 Å². The molecule has 1 atom stereocenters. The molecule has 3 heteroatoms. The summed E-state index contributed by atoms with van der Waals surface area (Å²) < 4.78 is 6.52. The average Bonchev–Trinajstić information content (AvgIpc) is 2.24. The van der Waals surface area contributed by atoms with Crippen LogP contribution in [0.1, 0.15) is 44.4 Å². The first kappa shape index (κ1) is 17.7. The minimum absolute atomic E-state index is 0.226. The van der Waals surface area contributed by atoms with Gasteiger partial charge in [-0.1, -0.05) is 52.0 Å². The predicted octanol–water partition coefficient (Wildman–Crippen LogP) is 5.68. The van der Waals surface area contributed by atoms with E-state index in [0.29, 0.717) is 5.54 Å². The predicted molar refractivity (Wildman–Crippen MR) is 95.5 cm³/mol. The Balaban J connectivity index is 2.95. The Bertz CT molecular complexity index is 436. The van der Waals surface area contributed by atoms with Gasteiger partial charge >= 0.3 is 0 Å².